The van der Waals surface area contributed by atoms with E-state index in [1.165, 1.54) is 0 Å². The van der Waals surface area contributed by atoms with Crippen molar-refractivity contribution >= 4 is 11.9 Å². The molecule has 4 aromatic rings. The van der Waals surface area contributed by atoms with Gasteiger partial charge in [-0.05, 0) is 58.4 Å². The van der Waals surface area contributed by atoms with Gasteiger partial charge < -0.3 is 29.2 Å². The number of phenols is 2. The smallest absolute Gasteiger partial charge is 0.344 e. The fourth-order valence-corrected chi connectivity index (χ4v) is 5.55. The average Bonchev–Trinajstić information content (AvgIpc) is 3.00. The number of aromatic hydroxyl groups is 2. The summed E-state index contributed by atoms with van der Waals surface area (Å²) in [5.41, 5.74) is 5.85. The monoisotopic (exact) mass is 596 g/mol. The summed E-state index contributed by atoms with van der Waals surface area (Å²) >= 11 is 0. The first-order valence-electron chi connectivity index (χ1n) is 14.8. The summed E-state index contributed by atoms with van der Waals surface area (Å²) in [6.45, 7) is 3.44. The Balaban J connectivity index is 1.64. The van der Waals surface area contributed by atoms with Crippen LogP contribution in [0.3, 0.4) is 0 Å². The zero-order valence-corrected chi connectivity index (χ0v) is 24.9. The summed E-state index contributed by atoms with van der Waals surface area (Å²) in [6.07, 6.45) is 1.35. The van der Waals surface area contributed by atoms with Gasteiger partial charge in [0, 0.05) is 25.7 Å². The van der Waals surface area contributed by atoms with E-state index >= 15 is 0 Å². The Morgan fingerprint density at radius 2 is 0.795 bits per heavy atom. The summed E-state index contributed by atoms with van der Waals surface area (Å²) in [5.74, 6) is 0.362. The Hall–Kier alpha value is -4.98. The van der Waals surface area contributed by atoms with Crippen LogP contribution in [0.1, 0.15) is 58.4 Å². The van der Waals surface area contributed by atoms with Gasteiger partial charge in [0.15, 0.2) is 13.2 Å². The second-order valence-electron chi connectivity index (χ2n) is 10.6. The highest BCUT2D eigenvalue weighted by Crippen LogP contribution is 2.38. The minimum Gasteiger partial charge on any atom is -0.507 e. The Morgan fingerprint density at radius 1 is 0.523 bits per heavy atom. The van der Waals surface area contributed by atoms with Gasteiger partial charge in [-0.3, -0.25) is 0 Å². The predicted octanol–water partition coefficient (Wildman–Crippen LogP) is 5.66. The number of ether oxygens (including phenoxy) is 4. The minimum absolute atomic E-state index is 0.144. The highest BCUT2D eigenvalue weighted by atomic mass is 16.6. The van der Waals surface area contributed by atoms with Crippen LogP contribution >= 0.6 is 0 Å². The molecule has 0 amide bonds. The first-order chi connectivity index (χ1) is 21.4. The van der Waals surface area contributed by atoms with Gasteiger partial charge in [-0.25, -0.2) is 9.59 Å². The molecule has 8 nitrogen and oxygen atoms in total. The van der Waals surface area contributed by atoms with E-state index < -0.39 is 11.9 Å². The van der Waals surface area contributed by atoms with E-state index in [9.17, 15) is 19.8 Å². The van der Waals surface area contributed by atoms with E-state index in [1.54, 1.807) is 13.8 Å². The molecule has 1 aliphatic carbocycles. The lowest BCUT2D eigenvalue weighted by molar-refractivity contribution is -0.146. The van der Waals surface area contributed by atoms with Crippen LogP contribution in [-0.2, 0) is 44.7 Å². The van der Waals surface area contributed by atoms with Crippen molar-refractivity contribution in [3.63, 3.8) is 0 Å². The number of fused-ring (bicyclic) bond motifs is 8. The van der Waals surface area contributed by atoms with Crippen molar-refractivity contribution in [2.75, 3.05) is 26.4 Å². The number of benzene rings is 4. The predicted molar refractivity (Wildman–Crippen MR) is 165 cm³/mol. The van der Waals surface area contributed by atoms with Crippen molar-refractivity contribution in [2.45, 2.75) is 39.5 Å². The lowest BCUT2D eigenvalue weighted by Crippen LogP contribution is -2.16. The van der Waals surface area contributed by atoms with E-state index in [4.69, 9.17) is 18.9 Å². The molecule has 8 heteroatoms. The Kier molecular flexibility index (Phi) is 9.69. The van der Waals surface area contributed by atoms with E-state index in [-0.39, 0.29) is 37.9 Å². The number of hydrogen-bond donors (Lipinski definition) is 2. The van der Waals surface area contributed by atoms with Crippen molar-refractivity contribution in [3.05, 3.63) is 117 Å². The number of carbonyl (C=O) groups is 2. The molecule has 8 bridgehead atoms. The van der Waals surface area contributed by atoms with E-state index in [0.717, 1.165) is 22.3 Å². The summed E-state index contributed by atoms with van der Waals surface area (Å²) < 4.78 is 22.3. The van der Waals surface area contributed by atoms with Crippen molar-refractivity contribution < 1.29 is 38.7 Å². The lowest BCUT2D eigenvalue weighted by atomic mass is 9.91. The number of hydrogen-bond acceptors (Lipinski definition) is 8. The molecule has 228 valence electrons. The van der Waals surface area contributed by atoms with Gasteiger partial charge in [-0.15, -0.1) is 0 Å². The Bertz CT molecular complexity index is 1450. The molecule has 0 saturated carbocycles. The first kappa shape index (κ1) is 30.5. The first-order valence-corrected chi connectivity index (χ1v) is 14.8. The van der Waals surface area contributed by atoms with Crippen molar-refractivity contribution in [1.29, 1.82) is 0 Å². The molecule has 0 aliphatic heterocycles. The molecule has 1 aliphatic rings. The molecular weight excluding hydrogens is 560 g/mol. The molecule has 0 saturated heterocycles. The van der Waals surface area contributed by atoms with Crippen molar-refractivity contribution in [2.24, 2.45) is 0 Å². The van der Waals surface area contributed by atoms with Gasteiger partial charge in [0.2, 0.25) is 0 Å². The fraction of sp³-hybridized carbons (Fsp3) is 0.278. The summed E-state index contributed by atoms with van der Waals surface area (Å²) in [4.78, 5) is 24.5. The minimum atomic E-state index is -0.479. The molecule has 5 rings (SSSR count). The number of para-hydroxylation sites is 4. The van der Waals surface area contributed by atoms with E-state index in [0.29, 0.717) is 59.4 Å². The summed E-state index contributed by atoms with van der Waals surface area (Å²) in [5, 5.41) is 22.9. The topological polar surface area (TPSA) is 112 Å². The molecule has 0 fully saturated rings. The molecule has 0 atom stereocenters. The Labute approximate surface area is 256 Å². The van der Waals surface area contributed by atoms with Crippen LogP contribution in [0.25, 0.3) is 0 Å². The largest absolute Gasteiger partial charge is 0.507 e. The third kappa shape index (κ3) is 6.97. The SMILES string of the molecule is CCOC(=O)COc1c2cccc1Cc1cccc(c1O)Cc1cccc(c1OCC(=O)OCC)Cc1cccc(c1O)C2. The molecular formula is C36H36O8. The van der Waals surface area contributed by atoms with Crippen molar-refractivity contribution in [3.8, 4) is 23.0 Å². The van der Waals surface area contributed by atoms with Gasteiger partial charge >= 0.3 is 11.9 Å². The second kappa shape index (κ2) is 14.0. The van der Waals surface area contributed by atoms with E-state index in [2.05, 4.69) is 0 Å². The molecule has 0 heterocycles. The molecule has 44 heavy (non-hydrogen) atoms. The van der Waals surface area contributed by atoms with Crippen LogP contribution in [0.4, 0.5) is 0 Å². The zero-order chi connectivity index (χ0) is 31.1. The van der Waals surface area contributed by atoms with Gasteiger partial charge in [0.25, 0.3) is 0 Å². The van der Waals surface area contributed by atoms with Crippen LogP contribution in [-0.4, -0.2) is 48.6 Å². The lowest BCUT2D eigenvalue weighted by Gasteiger charge is -2.20. The highest BCUT2D eigenvalue weighted by molar-refractivity contribution is 5.72. The quantitative estimate of drug-likeness (QED) is 0.221. The molecule has 2 N–H and O–H groups in total. The number of esters is 2. The molecule has 0 spiro atoms. The van der Waals surface area contributed by atoms with Crippen LogP contribution < -0.4 is 9.47 Å². The molecule has 0 radical (unpaired) electrons. The number of carbonyl (C=O) groups excluding carboxylic acids is 2. The van der Waals surface area contributed by atoms with Gasteiger partial charge in [-0.1, -0.05) is 72.8 Å². The van der Waals surface area contributed by atoms with Crippen molar-refractivity contribution in [1.82, 2.24) is 0 Å². The standard InChI is InChI=1S/C36H36O8/c1-3-41-31(37)21-43-35-27-13-7-14-28(35)18-24-10-6-12-26(34(24)40)20-30-16-8-15-29(36(30)44-22-32(38)42-4-2)19-25-11-5-9-23(17-27)33(25)39/h5-16,39-40H,3-4,17-22H2,1-2H3. The summed E-state index contributed by atoms with van der Waals surface area (Å²) in [7, 11) is 0. The maximum Gasteiger partial charge on any atom is 0.344 e. The third-order valence-electron chi connectivity index (χ3n) is 7.57. The van der Waals surface area contributed by atoms with Gasteiger partial charge in [-0.2, -0.15) is 0 Å². The molecule has 0 unspecified atom stereocenters. The average molecular weight is 597 g/mol. The number of rotatable bonds is 8. The molecule has 4 aromatic carbocycles. The molecule has 0 aromatic heterocycles. The third-order valence-corrected chi connectivity index (χ3v) is 7.57. The number of phenolic OH excluding ortho intramolecular Hbond substituents is 2. The van der Waals surface area contributed by atoms with Gasteiger partial charge in [0.05, 0.1) is 13.2 Å². The maximum atomic E-state index is 12.2. The van der Waals surface area contributed by atoms with Gasteiger partial charge in [0.1, 0.15) is 23.0 Å². The maximum absolute atomic E-state index is 12.2. The zero-order valence-electron chi connectivity index (χ0n) is 24.9. The highest BCUT2D eigenvalue weighted by Gasteiger charge is 2.21. The summed E-state index contributed by atoms with van der Waals surface area (Å²) in [6, 6.07) is 22.6. The van der Waals surface area contributed by atoms with Crippen LogP contribution in [0.5, 0.6) is 23.0 Å². The Morgan fingerprint density at radius 3 is 1.07 bits per heavy atom. The van der Waals surface area contributed by atoms with E-state index in [1.807, 2.05) is 72.8 Å². The van der Waals surface area contributed by atoms with Crippen LogP contribution in [0.2, 0.25) is 0 Å². The second-order valence-corrected chi connectivity index (χ2v) is 10.6. The van der Waals surface area contributed by atoms with Crippen LogP contribution in [0.15, 0.2) is 72.8 Å². The van der Waals surface area contributed by atoms with Crippen LogP contribution in [0, 0.1) is 0 Å². The normalized spacial score (nSPS) is 12.2. The fourth-order valence-electron chi connectivity index (χ4n) is 5.55.